The van der Waals surface area contributed by atoms with Crippen LogP contribution in [-0.2, 0) is 0 Å². The SMILES string of the molecule is N#Cc1cccnc1N1CCN2[C@@H](CC[C@@H]2c2cn(-c3cccc(Cl)c3)nn2)C1. The van der Waals surface area contributed by atoms with E-state index in [0.717, 1.165) is 49.7 Å². The van der Waals surface area contributed by atoms with E-state index in [2.05, 4.69) is 31.2 Å². The van der Waals surface area contributed by atoms with Gasteiger partial charge in [0.05, 0.1) is 23.5 Å². The number of hydrogen-bond donors (Lipinski definition) is 0. The van der Waals surface area contributed by atoms with Crippen LogP contribution in [0.5, 0.6) is 0 Å². The molecule has 0 bridgehead atoms. The fourth-order valence-electron chi connectivity index (χ4n) is 4.47. The van der Waals surface area contributed by atoms with E-state index in [4.69, 9.17) is 11.6 Å². The Labute approximate surface area is 174 Å². The van der Waals surface area contributed by atoms with Crippen molar-refractivity contribution in [2.45, 2.75) is 24.9 Å². The molecule has 7 nitrogen and oxygen atoms in total. The summed E-state index contributed by atoms with van der Waals surface area (Å²) < 4.78 is 1.79. The molecule has 0 radical (unpaired) electrons. The van der Waals surface area contributed by atoms with E-state index in [1.54, 1.807) is 10.9 Å². The highest BCUT2D eigenvalue weighted by molar-refractivity contribution is 6.30. The van der Waals surface area contributed by atoms with Crippen molar-refractivity contribution in [2.75, 3.05) is 24.5 Å². The minimum Gasteiger partial charge on any atom is -0.353 e. The number of benzene rings is 1. The maximum Gasteiger partial charge on any atom is 0.146 e. The minimum atomic E-state index is 0.272. The van der Waals surface area contributed by atoms with E-state index >= 15 is 0 Å². The Morgan fingerprint density at radius 3 is 2.93 bits per heavy atom. The van der Waals surface area contributed by atoms with Crippen molar-refractivity contribution in [2.24, 2.45) is 0 Å². The second kappa shape index (κ2) is 7.47. The van der Waals surface area contributed by atoms with Gasteiger partial charge >= 0.3 is 0 Å². The number of anilines is 1. The number of nitriles is 1. The molecule has 2 aliphatic rings. The molecule has 8 heteroatoms. The van der Waals surface area contributed by atoms with E-state index in [1.165, 1.54) is 0 Å². The summed E-state index contributed by atoms with van der Waals surface area (Å²) in [6.45, 7) is 2.65. The fraction of sp³-hybridized carbons (Fsp3) is 0.333. The zero-order valence-corrected chi connectivity index (χ0v) is 16.6. The molecule has 0 N–H and O–H groups in total. The van der Waals surface area contributed by atoms with Gasteiger partial charge in [-0.3, -0.25) is 4.90 Å². The van der Waals surface area contributed by atoms with Crippen LogP contribution in [0.2, 0.25) is 5.02 Å². The van der Waals surface area contributed by atoms with E-state index < -0.39 is 0 Å². The molecule has 2 saturated heterocycles. The maximum atomic E-state index is 9.39. The van der Waals surface area contributed by atoms with Gasteiger partial charge in [-0.1, -0.05) is 22.9 Å². The highest BCUT2D eigenvalue weighted by Gasteiger charge is 2.39. The average molecular weight is 406 g/mol. The number of halogens is 1. The summed E-state index contributed by atoms with van der Waals surface area (Å²) in [5.41, 5.74) is 2.55. The second-order valence-corrected chi connectivity index (χ2v) is 7.92. The Morgan fingerprint density at radius 2 is 2.07 bits per heavy atom. The summed E-state index contributed by atoms with van der Waals surface area (Å²) in [5.74, 6) is 0.796. The molecule has 0 saturated carbocycles. The number of fused-ring (bicyclic) bond motifs is 1. The summed E-state index contributed by atoms with van der Waals surface area (Å²) in [6, 6.07) is 14.2. The molecule has 0 unspecified atom stereocenters. The van der Waals surface area contributed by atoms with Gasteiger partial charge in [-0.2, -0.15) is 5.26 Å². The quantitative estimate of drug-likeness (QED) is 0.666. The zero-order chi connectivity index (χ0) is 19.8. The standard InChI is InChI=1S/C21H20ClN7/c22-16-4-1-5-17(11-16)29-14-19(25-26-29)20-7-6-18-13-27(9-10-28(18)20)21-15(12-23)3-2-8-24-21/h1-5,8,11,14,18,20H,6-7,9-10,13H2/t18-,20+/m0/s1. The Morgan fingerprint density at radius 1 is 1.14 bits per heavy atom. The molecule has 0 amide bonds. The van der Waals surface area contributed by atoms with Crippen molar-refractivity contribution in [3.8, 4) is 11.8 Å². The van der Waals surface area contributed by atoms with Crippen LogP contribution in [0.15, 0.2) is 48.8 Å². The number of aromatic nitrogens is 4. The molecule has 4 heterocycles. The van der Waals surface area contributed by atoms with Crippen molar-refractivity contribution in [1.82, 2.24) is 24.9 Å². The molecule has 5 rings (SSSR count). The molecule has 146 valence electrons. The lowest BCUT2D eigenvalue weighted by Gasteiger charge is -2.40. The molecular weight excluding hydrogens is 386 g/mol. The summed E-state index contributed by atoms with van der Waals surface area (Å²) >= 11 is 6.11. The molecule has 1 aromatic carbocycles. The van der Waals surface area contributed by atoms with Crippen molar-refractivity contribution >= 4 is 17.4 Å². The van der Waals surface area contributed by atoms with Gasteiger partial charge in [-0.15, -0.1) is 5.10 Å². The lowest BCUT2D eigenvalue weighted by Crippen LogP contribution is -2.51. The van der Waals surface area contributed by atoms with Gasteiger partial charge in [0, 0.05) is 36.9 Å². The van der Waals surface area contributed by atoms with Crippen LogP contribution in [0.1, 0.15) is 30.1 Å². The predicted molar refractivity (Wildman–Crippen MR) is 110 cm³/mol. The topological polar surface area (TPSA) is 73.9 Å². The molecule has 29 heavy (non-hydrogen) atoms. The average Bonchev–Trinajstić information content (AvgIpc) is 3.40. The molecule has 2 aromatic heterocycles. The van der Waals surface area contributed by atoms with Crippen LogP contribution in [-0.4, -0.2) is 50.6 Å². The molecule has 3 aromatic rings. The number of nitrogens with zero attached hydrogens (tertiary/aromatic N) is 7. The third kappa shape index (κ3) is 3.35. The van der Waals surface area contributed by atoms with Crippen LogP contribution >= 0.6 is 11.6 Å². The van der Waals surface area contributed by atoms with Crippen LogP contribution in [0.25, 0.3) is 5.69 Å². The number of piperazine rings is 1. The Bertz CT molecular complexity index is 1070. The number of pyridine rings is 1. The maximum absolute atomic E-state index is 9.39. The van der Waals surface area contributed by atoms with Gasteiger partial charge in [-0.05, 0) is 43.2 Å². The summed E-state index contributed by atoms with van der Waals surface area (Å²) in [6.07, 6.45) is 5.92. The van der Waals surface area contributed by atoms with Crippen molar-refractivity contribution in [3.05, 3.63) is 65.1 Å². The lowest BCUT2D eigenvalue weighted by molar-refractivity contribution is 0.173. The molecule has 2 fully saturated rings. The minimum absolute atomic E-state index is 0.272. The highest BCUT2D eigenvalue weighted by atomic mass is 35.5. The monoisotopic (exact) mass is 405 g/mol. The van der Waals surface area contributed by atoms with E-state index in [-0.39, 0.29) is 6.04 Å². The summed E-state index contributed by atoms with van der Waals surface area (Å²) in [5, 5.41) is 18.8. The smallest absolute Gasteiger partial charge is 0.146 e. The molecule has 2 aliphatic heterocycles. The molecule has 2 atom stereocenters. The number of hydrogen-bond acceptors (Lipinski definition) is 6. The fourth-order valence-corrected chi connectivity index (χ4v) is 4.66. The number of rotatable bonds is 3. The normalized spacial score (nSPS) is 21.7. The second-order valence-electron chi connectivity index (χ2n) is 7.49. The van der Waals surface area contributed by atoms with Gasteiger partial charge in [-0.25, -0.2) is 9.67 Å². The van der Waals surface area contributed by atoms with E-state index in [0.29, 0.717) is 16.6 Å². The highest BCUT2D eigenvalue weighted by Crippen LogP contribution is 2.38. The third-order valence-corrected chi connectivity index (χ3v) is 6.07. The third-order valence-electron chi connectivity index (χ3n) is 5.83. The van der Waals surface area contributed by atoms with E-state index in [1.807, 2.05) is 42.6 Å². The first-order chi connectivity index (χ1) is 14.2. The molecular formula is C21H20ClN7. The Kier molecular flexibility index (Phi) is 4.66. The van der Waals surface area contributed by atoms with Gasteiger partial charge in [0.2, 0.25) is 0 Å². The largest absolute Gasteiger partial charge is 0.353 e. The van der Waals surface area contributed by atoms with Gasteiger partial charge < -0.3 is 4.90 Å². The van der Waals surface area contributed by atoms with Crippen molar-refractivity contribution in [1.29, 1.82) is 5.26 Å². The summed E-state index contributed by atoms with van der Waals surface area (Å²) in [4.78, 5) is 9.22. The van der Waals surface area contributed by atoms with Gasteiger partial charge in [0.25, 0.3) is 0 Å². The Hall–Kier alpha value is -2.95. The first-order valence-electron chi connectivity index (χ1n) is 9.77. The summed E-state index contributed by atoms with van der Waals surface area (Å²) in [7, 11) is 0. The van der Waals surface area contributed by atoms with Gasteiger partial charge in [0.15, 0.2) is 0 Å². The zero-order valence-electron chi connectivity index (χ0n) is 15.8. The van der Waals surface area contributed by atoms with Crippen LogP contribution in [0, 0.1) is 11.3 Å². The van der Waals surface area contributed by atoms with Crippen LogP contribution < -0.4 is 4.90 Å². The predicted octanol–water partition coefficient (Wildman–Crippen LogP) is 3.21. The van der Waals surface area contributed by atoms with Crippen molar-refractivity contribution < 1.29 is 0 Å². The lowest BCUT2D eigenvalue weighted by atomic mass is 10.1. The first kappa shape index (κ1) is 18.1. The van der Waals surface area contributed by atoms with Crippen molar-refractivity contribution in [3.63, 3.8) is 0 Å². The molecule has 0 aliphatic carbocycles. The molecule has 0 spiro atoms. The van der Waals surface area contributed by atoms with E-state index in [9.17, 15) is 5.26 Å². The van der Waals surface area contributed by atoms with Gasteiger partial charge in [0.1, 0.15) is 17.6 Å². The van der Waals surface area contributed by atoms with Crippen LogP contribution in [0.4, 0.5) is 5.82 Å². The Balaban J connectivity index is 1.33. The van der Waals surface area contributed by atoms with Crippen LogP contribution in [0.3, 0.4) is 0 Å². The first-order valence-corrected chi connectivity index (χ1v) is 10.1.